The van der Waals surface area contributed by atoms with E-state index in [0.29, 0.717) is 13.1 Å². The van der Waals surface area contributed by atoms with Crippen molar-refractivity contribution in [1.29, 1.82) is 0 Å². The number of ether oxygens (including phenoxy) is 1. The van der Waals surface area contributed by atoms with E-state index in [-0.39, 0.29) is 11.8 Å². The molecule has 22 heavy (non-hydrogen) atoms. The zero-order valence-corrected chi connectivity index (χ0v) is 13.7. The molecule has 0 heterocycles. The number of quaternary nitrogens is 1. The van der Waals surface area contributed by atoms with Crippen molar-refractivity contribution in [1.82, 2.24) is 10.6 Å². The van der Waals surface area contributed by atoms with E-state index in [2.05, 4.69) is 10.6 Å². The van der Waals surface area contributed by atoms with Crippen molar-refractivity contribution in [3.63, 3.8) is 0 Å². The molecule has 6 nitrogen and oxygen atoms in total. The van der Waals surface area contributed by atoms with Crippen molar-refractivity contribution in [2.45, 2.75) is 26.4 Å². The largest absolute Gasteiger partial charge is 0.497 e. The molecule has 1 rings (SSSR count). The van der Waals surface area contributed by atoms with Crippen molar-refractivity contribution in [3.05, 3.63) is 29.8 Å². The van der Waals surface area contributed by atoms with E-state index in [4.69, 9.17) is 4.74 Å². The maximum atomic E-state index is 11.9. The fraction of sp³-hybridized carbons (Fsp3) is 0.500. The summed E-state index contributed by atoms with van der Waals surface area (Å²) in [5.74, 6) is 0.517. The summed E-state index contributed by atoms with van der Waals surface area (Å²) in [4.78, 5) is 24.5. The number of carbonyl (C=O) groups excluding carboxylic acids is 2. The third-order valence-electron chi connectivity index (χ3n) is 3.25. The van der Waals surface area contributed by atoms with E-state index in [1.165, 1.54) is 0 Å². The maximum absolute atomic E-state index is 11.9. The molecule has 1 aromatic rings. The third-order valence-corrected chi connectivity index (χ3v) is 3.25. The Morgan fingerprint density at radius 1 is 1.27 bits per heavy atom. The van der Waals surface area contributed by atoms with Crippen LogP contribution in [0.25, 0.3) is 0 Å². The molecular formula is C16H26N3O3+. The van der Waals surface area contributed by atoms with Gasteiger partial charge in [-0.3, -0.25) is 9.59 Å². The summed E-state index contributed by atoms with van der Waals surface area (Å²) < 4.78 is 5.12. The molecule has 0 saturated carbocycles. The van der Waals surface area contributed by atoms with Crippen LogP contribution in [0.5, 0.6) is 5.75 Å². The molecule has 1 unspecified atom stereocenters. The van der Waals surface area contributed by atoms with Gasteiger partial charge in [0, 0.05) is 12.1 Å². The van der Waals surface area contributed by atoms with Gasteiger partial charge in [0.05, 0.1) is 14.2 Å². The monoisotopic (exact) mass is 308 g/mol. The average molecular weight is 308 g/mol. The highest BCUT2D eigenvalue weighted by Gasteiger charge is 2.17. The number of hydrogen-bond acceptors (Lipinski definition) is 3. The van der Waals surface area contributed by atoms with Crippen LogP contribution in [-0.2, 0) is 16.1 Å². The van der Waals surface area contributed by atoms with Gasteiger partial charge in [-0.15, -0.1) is 0 Å². The van der Waals surface area contributed by atoms with Crippen LogP contribution in [0.2, 0.25) is 0 Å². The molecule has 0 radical (unpaired) electrons. The van der Waals surface area contributed by atoms with Gasteiger partial charge in [0.2, 0.25) is 5.91 Å². The standard InChI is InChI=1S/C16H25N3O3/c1-5-17-16(21)12(2)18-15(20)11-19(3)10-13-6-8-14(22-4)9-7-13/h6-9,12H,5,10-11H2,1-4H3,(H,17,21)(H,18,20)/p+1/t12-/m1/s1. The highest BCUT2D eigenvalue weighted by molar-refractivity contribution is 5.87. The van der Waals surface area contributed by atoms with E-state index in [9.17, 15) is 9.59 Å². The van der Waals surface area contributed by atoms with E-state index >= 15 is 0 Å². The van der Waals surface area contributed by atoms with Crippen molar-refractivity contribution < 1.29 is 19.2 Å². The second-order valence-corrected chi connectivity index (χ2v) is 5.34. The van der Waals surface area contributed by atoms with Crippen LogP contribution in [0.3, 0.4) is 0 Å². The molecule has 0 saturated heterocycles. The topological polar surface area (TPSA) is 71.9 Å². The van der Waals surface area contributed by atoms with Crippen molar-refractivity contribution in [2.24, 2.45) is 0 Å². The number of carbonyl (C=O) groups is 2. The number of likely N-dealkylation sites (N-methyl/N-ethyl adjacent to an activating group) is 2. The number of nitrogens with one attached hydrogen (secondary N) is 3. The summed E-state index contributed by atoms with van der Waals surface area (Å²) in [5, 5.41) is 5.39. The van der Waals surface area contributed by atoms with E-state index < -0.39 is 6.04 Å². The molecule has 122 valence electrons. The van der Waals surface area contributed by atoms with Crippen molar-refractivity contribution in [3.8, 4) is 5.75 Å². The molecule has 2 amide bonds. The predicted molar refractivity (Wildman–Crippen MR) is 84.7 cm³/mol. The van der Waals surface area contributed by atoms with Crippen LogP contribution in [0.1, 0.15) is 19.4 Å². The number of hydrogen-bond donors (Lipinski definition) is 3. The van der Waals surface area contributed by atoms with Crippen molar-refractivity contribution in [2.75, 3.05) is 27.2 Å². The first-order chi connectivity index (χ1) is 10.5. The lowest BCUT2D eigenvalue weighted by Crippen LogP contribution is -3.09. The van der Waals surface area contributed by atoms with Crippen molar-refractivity contribution >= 4 is 11.8 Å². The summed E-state index contributed by atoms with van der Waals surface area (Å²) in [7, 11) is 3.58. The summed E-state index contributed by atoms with van der Waals surface area (Å²) in [6.45, 7) is 5.13. The molecule has 0 spiro atoms. The molecule has 0 aliphatic rings. The fourth-order valence-electron chi connectivity index (χ4n) is 2.11. The van der Waals surface area contributed by atoms with Crippen LogP contribution in [-0.4, -0.2) is 45.1 Å². The minimum absolute atomic E-state index is 0.134. The van der Waals surface area contributed by atoms with E-state index in [1.807, 2.05) is 38.2 Å². The molecule has 6 heteroatoms. The maximum Gasteiger partial charge on any atom is 0.275 e. The highest BCUT2D eigenvalue weighted by Crippen LogP contribution is 2.10. The first-order valence-corrected chi connectivity index (χ1v) is 7.47. The van der Waals surface area contributed by atoms with Crippen LogP contribution in [0.4, 0.5) is 0 Å². The van der Waals surface area contributed by atoms with Gasteiger partial charge in [0.25, 0.3) is 5.91 Å². The van der Waals surface area contributed by atoms with Gasteiger partial charge in [0.1, 0.15) is 18.3 Å². The Labute approximate surface area is 131 Å². The SMILES string of the molecule is CCNC(=O)[C@@H](C)NC(=O)C[NH+](C)Cc1ccc(OC)cc1. The molecule has 0 aliphatic carbocycles. The lowest BCUT2D eigenvalue weighted by molar-refractivity contribution is -0.885. The quantitative estimate of drug-likeness (QED) is 0.598. The van der Waals surface area contributed by atoms with Crippen LogP contribution in [0.15, 0.2) is 24.3 Å². The summed E-state index contributed by atoms with van der Waals surface area (Å²) in [6, 6.07) is 7.26. The van der Waals surface area contributed by atoms with Gasteiger partial charge < -0.3 is 20.3 Å². The number of benzene rings is 1. The molecule has 0 fully saturated rings. The molecule has 1 aromatic carbocycles. The highest BCUT2D eigenvalue weighted by atomic mass is 16.5. The molecule has 2 atom stereocenters. The Bertz CT molecular complexity index is 488. The van der Waals surface area contributed by atoms with Gasteiger partial charge >= 0.3 is 0 Å². The van der Waals surface area contributed by atoms with Crippen LogP contribution in [0, 0.1) is 0 Å². The predicted octanol–water partition coefficient (Wildman–Crippen LogP) is -0.649. The Balaban J connectivity index is 2.41. The van der Waals surface area contributed by atoms with E-state index in [1.54, 1.807) is 14.0 Å². The van der Waals surface area contributed by atoms with Gasteiger partial charge in [-0.2, -0.15) is 0 Å². The first-order valence-electron chi connectivity index (χ1n) is 7.47. The zero-order valence-electron chi connectivity index (χ0n) is 13.7. The van der Waals surface area contributed by atoms with E-state index in [0.717, 1.165) is 22.8 Å². The molecule has 0 bridgehead atoms. The number of methoxy groups -OCH3 is 1. The minimum atomic E-state index is -0.513. The smallest absolute Gasteiger partial charge is 0.275 e. The Morgan fingerprint density at radius 2 is 1.91 bits per heavy atom. The van der Waals surface area contributed by atoms with Crippen LogP contribution < -0.4 is 20.3 Å². The molecule has 0 aromatic heterocycles. The fourth-order valence-corrected chi connectivity index (χ4v) is 2.11. The Morgan fingerprint density at radius 3 is 2.45 bits per heavy atom. The van der Waals surface area contributed by atoms with Gasteiger partial charge in [-0.1, -0.05) is 0 Å². The normalized spacial score (nSPS) is 13.1. The van der Waals surface area contributed by atoms with Gasteiger partial charge in [0.15, 0.2) is 6.54 Å². The Hall–Kier alpha value is -2.08. The minimum Gasteiger partial charge on any atom is -0.497 e. The van der Waals surface area contributed by atoms with Crippen LogP contribution >= 0.6 is 0 Å². The second kappa shape index (κ2) is 9.04. The summed E-state index contributed by atoms with van der Waals surface area (Å²) in [5.41, 5.74) is 1.13. The second-order valence-electron chi connectivity index (χ2n) is 5.34. The number of rotatable bonds is 8. The lowest BCUT2D eigenvalue weighted by Gasteiger charge is -2.17. The average Bonchev–Trinajstić information content (AvgIpc) is 2.47. The number of amides is 2. The third kappa shape index (κ3) is 6.13. The summed E-state index contributed by atoms with van der Waals surface area (Å²) in [6.07, 6.45) is 0. The Kier molecular flexibility index (Phi) is 7.39. The van der Waals surface area contributed by atoms with Gasteiger partial charge in [-0.25, -0.2) is 0 Å². The zero-order chi connectivity index (χ0) is 16.5. The summed E-state index contributed by atoms with van der Waals surface area (Å²) >= 11 is 0. The molecule has 0 aliphatic heterocycles. The lowest BCUT2D eigenvalue weighted by atomic mass is 10.2. The van der Waals surface area contributed by atoms with Gasteiger partial charge in [-0.05, 0) is 38.1 Å². The molecule has 3 N–H and O–H groups in total. The molecular weight excluding hydrogens is 282 g/mol. The first kappa shape index (κ1) is 18.0.